The molecule has 0 heterocycles. The van der Waals surface area contributed by atoms with Crippen LogP contribution in [0.4, 0.5) is 0 Å². The van der Waals surface area contributed by atoms with Crippen LogP contribution in [0.1, 0.15) is 54.4 Å². The molecule has 0 aromatic rings. The van der Waals surface area contributed by atoms with Crippen molar-refractivity contribution in [3.05, 3.63) is 11.1 Å². The third-order valence-electron chi connectivity index (χ3n) is 3.83. The molecule has 0 nitrogen and oxygen atoms in total. The Hall–Kier alpha value is -0.260. The molecule has 0 bridgehead atoms. The molecule has 2 atom stereocenters. The molecule has 76 valence electrons. The summed E-state index contributed by atoms with van der Waals surface area (Å²) in [5.74, 6) is 1.68. The van der Waals surface area contributed by atoms with E-state index in [-0.39, 0.29) is 0 Å². The lowest BCUT2D eigenvalue weighted by molar-refractivity contribution is 0.194. The molecule has 0 radical (unpaired) electrons. The average molecular weight is 180 g/mol. The highest BCUT2D eigenvalue weighted by molar-refractivity contribution is 5.17. The zero-order valence-electron chi connectivity index (χ0n) is 10.1. The first-order valence-corrected chi connectivity index (χ1v) is 5.48. The van der Waals surface area contributed by atoms with Gasteiger partial charge in [-0.25, -0.2) is 0 Å². The molecule has 1 unspecified atom stereocenters. The third kappa shape index (κ3) is 2.36. The van der Waals surface area contributed by atoms with Crippen molar-refractivity contribution in [2.75, 3.05) is 0 Å². The maximum atomic E-state index is 2.37. The van der Waals surface area contributed by atoms with E-state index in [0.717, 1.165) is 11.8 Å². The maximum absolute atomic E-state index is 2.37. The average Bonchev–Trinajstić information content (AvgIpc) is 1.97. The van der Waals surface area contributed by atoms with Crippen molar-refractivity contribution in [3.8, 4) is 0 Å². The first kappa shape index (κ1) is 10.8. The summed E-state index contributed by atoms with van der Waals surface area (Å²) in [6.45, 7) is 14.1. The highest BCUT2D eigenvalue weighted by Gasteiger charge is 2.30. The summed E-state index contributed by atoms with van der Waals surface area (Å²) in [5.41, 5.74) is 3.76. The van der Waals surface area contributed by atoms with Gasteiger partial charge in [-0.05, 0) is 43.9 Å². The van der Waals surface area contributed by atoms with Gasteiger partial charge in [0.1, 0.15) is 0 Å². The molecule has 1 aliphatic rings. The van der Waals surface area contributed by atoms with Gasteiger partial charge in [-0.15, -0.1) is 0 Å². The Labute approximate surface area is 83.4 Å². The zero-order valence-corrected chi connectivity index (χ0v) is 10.1. The van der Waals surface area contributed by atoms with Crippen LogP contribution in [0.5, 0.6) is 0 Å². The summed E-state index contributed by atoms with van der Waals surface area (Å²) >= 11 is 0. The van der Waals surface area contributed by atoms with E-state index in [0.29, 0.717) is 5.41 Å². The van der Waals surface area contributed by atoms with E-state index in [2.05, 4.69) is 41.5 Å². The Kier molecular flexibility index (Phi) is 2.89. The van der Waals surface area contributed by atoms with Gasteiger partial charge in [0.15, 0.2) is 0 Å². The molecule has 0 heteroatoms. The molecule has 0 aliphatic heterocycles. The lowest BCUT2D eigenvalue weighted by Gasteiger charge is -2.37. The van der Waals surface area contributed by atoms with Gasteiger partial charge in [-0.1, -0.05) is 38.8 Å². The normalized spacial score (nSPS) is 30.9. The molecule has 0 fully saturated rings. The highest BCUT2D eigenvalue weighted by atomic mass is 14.4. The van der Waals surface area contributed by atoms with Crippen LogP contribution in [0.2, 0.25) is 0 Å². The molecule has 0 spiro atoms. The minimum absolute atomic E-state index is 0.482. The highest BCUT2D eigenvalue weighted by Crippen LogP contribution is 2.42. The second kappa shape index (κ2) is 3.48. The molecule has 1 aliphatic carbocycles. The van der Waals surface area contributed by atoms with E-state index in [1.54, 1.807) is 11.1 Å². The van der Waals surface area contributed by atoms with E-state index in [9.17, 15) is 0 Å². The Morgan fingerprint density at radius 2 is 1.69 bits per heavy atom. The number of hydrogen-bond donors (Lipinski definition) is 0. The van der Waals surface area contributed by atoms with Crippen LogP contribution in [0.25, 0.3) is 0 Å². The zero-order chi connectivity index (χ0) is 10.2. The van der Waals surface area contributed by atoms with Crippen LogP contribution in [0.15, 0.2) is 11.1 Å². The van der Waals surface area contributed by atoms with Gasteiger partial charge in [0, 0.05) is 0 Å². The molecule has 0 aromatic carbocycles. The quantitative estimate of drug-likeness (QED) is 0.484. The smallest absolute Gasteiger partial charge is 0.0229 e. The van der Waals surface area contributed by atoms with Gasteiger partial charge in [0.2, 0.25) is 0 Å². The summed E-state index contributed by atoms with van der Waals surface area (Å²) in [6.07, 6.45) is 2.70. The van der Waals surface area contributed by atoms with Crippen molar-refractivity contribution in [1.82, 2.24) is 0 Å². The monoisotopic (exact) mass is 180 g/mol. The fourth-order valence-corrected chi connectivity index (χ4v) is 2.30. The Bertz CT molecular complexity index is 215. The fraction of sp³-hybridized carbons (Fsp3) is 0.846. The minimum Gasteiger partial charge on any atom is -0.0738 e. The standard InChI is InChI=1S/C13H24/c1-9-7-12(13(4,5)6)8-10(2)11(9)3/h9,12H,7-8H2,1-6H3/t9?,12-/m1/s1. The van der Waals surface area contributed by atoms with Crippen LogP contribution >= 0.6 is 0 Å². The summed E-state index contributed by atoms with van der Waals surface area (Å²) in [7, 11) is 0. The second-order valence-electron chi connectivity index (χ2n) is 5.87. The van der Waals surface area contributed by atoms with E-state index < -0.39 is 0 Å². The van der Waals surface area contributed by atoms with Crippen LogP contribution in [0.3, 0.4) is 0 Å². The molecule has 0 saturated carbocycles. The predicted molar refractivity (Wildman–Crippen MR) is 59.7 cm³/mol. The summed E-state index contributed by atoms with van der Waals surface area (Å²) in [5, 5.41) is 0. The molecular formula is C13H24. The first-order valence-electron chi connectivity index (χ1n) is 5.48. The van der Waals surface area contributed by atoms with Gasteiger partial charge in [0.05, 0.1) is 0 Å². The number of allylic oxidation sites excluding steroid dienone is 2. The molecule has 0 amide bonds. The summed E-state index contributed by atoms with van der Waals surface area (Å²) in [4.78, 5) is 0. The lowest BCUT2D eigenvalue weighted by Crippen LogP contribution is -2.26. The van der Waals surface area contributed by atoms with E-state index >= 15 is 0 Å². The molecular weight excluding hydrogens is 156 g/mol. The predicted octanol–water partition coefficient (Wildman–Crippen LogP) is 4.42. The van der Waals surface area contributed by atoms with Crippen molar-refractivity contribution in [3.63, 3.8) is 0 Å². The van der Waals surface area contributed by atoms with E-state index in [1.807, 2.05) is 0 Å². The first-order chi connectivity index (χ1) is 5.82. The third-order valence-corrected chi connectivity index (χ3v) is 3.83. The van der Waals surface area contributed by atoms with Crippen molar-refractivity contribution < 1.29 is 0 Å². The van der Waals surface area contributed by atoms with E-state index in [1.165, 1.54) is 12.8 Å². The molecule has 13 heavy (non-hydrogen) atoms. The second-order valence-corrected chi connectivity index (χ2v) is 5.87. The van der Waals surface area contributed by atoms with Crippen molar-refractivity contribution in [1.29, 1.82) is 0 Å². The molecule has 0 aromatic heterocycles. The van der Waals surface area contributed by atoms with Gasteiger partial charge < -0.3 is 0 Å². The van der Waals surface area contributed by atoms with Gasteiger partial charge in [0.25, 0.3) is 0 Å². The largest absolute Gasteiger partial charge is 0.0738 e. The molecule has 1 rings (SSSR count). The Morgan fingerprint density at radius 1 is 1.15 bits per heavy atom. The SMILES string of the molecule is CC1=C(C)C(C)C[C@@H](C(C)(C)C)C1. The Morgan fingerprint density at radius 3 is 2.08 bits per heavy atom. The van der Waals surface area contributed by atoms with Crippen molar-refractivity contribution >= 4 is 0 Å². The topological polar surface area (TPSA) is 0 Å². The minimum atomic E-state index is 0.482. The summed E-state index contributed by atoms with van der Waals surface area (Å²) < 4.78 is 0. The Balaban J connectivity index is 2.80. The number of hydrogen-bond acceptors (Lipinski definition) is 0. The van der Waals surface area contributed by atoms with Crippen LogP contribution in [0, 0.1) is 17.3 Å². The van der Waals surface area contributed by atoms with Crippen molar-refractivity contribution in [2.24, 2.45) is 17.3 Å². The van der Waals surface area contributed by atoms with Crippen LogP contribution in [-0.4, -0.2) is 0 Å². The summed E-state index contributed by atoms with van der Waals surface area (Å²) in [6, 6.07) is 0. The van der Waals surface area contributed by atoms with Gasteiger partial charge >= 0.3 is 0 Å². The maximum Gasteiger partial charge on any atom is -0.0229 e. The van der Waals surface area contributed by atoms with Gasteiger partial charge in [-0.3, -0.25) is 0 Å². The van der Waals surface area contributed by atoms with Crippen LogP contribution < -0.4 is 0 Å². The van der Waals surface area contributed by atoms with Gasteiger partial charge in [-0.2, -0.15) is 0 Å². The lowest BCUT2D eigenvalue weighted by atomic mass is 9.68. The fourth-order valence-electron chi connectivity index (χ4n) is 2.30. The molecule has 0 N–H and O–H groups in total. The van der Waals surface area contributed by atoms with E-state index in [4.69, 9.17) is 0 Å². The molecule has 0 saturated heterocycles. The van der Waals surface area contributed by atoms with Crippen molar-refractivity contribution in [2.45, 2.75) is 54.4 Å². The number of rotatable bonds is 0. The van der Waals surface area contributed by atoms with Crippen LogP contribution in [-0.2, 0) is 0 Å².